The molecule has 1 aliphatic rings. The van der Waals surface area contributed by atoms with E-state index in [0.717, 1.165) is 19.3 Å². The molecule has 4 heteroatoms. The summed E-state index contributed by atoms with van der Waals surface area (Å²) in [7, 11) is 0. The van der Waals surface area contributed by atoms with Crippen molar-refractivity contribution in [1.29, 1.82) is 0 Å². The van der Waals surface area contributed by atoms with E-state index in [1.807, 2.05) is 20.8 Å². The van der Waals surface area contributed by atoms with Crippen molar-refractivity contribution in [2.45, 2.75) is 58.6 Å². The van der Waals surface area contributed by atoms with E-state index in [-0.39, 0.29) is 23.5 Å². The van der Waals surface area contributed by atoms with Crippen LogP contribution in [0.15, 0.2) is 0 Å². The Hall–Kier alpha value is -0.610. The number of hydrogen-bond donors (Lipinski definition) is 2. The van der Waals surface area contributed by atoms with Crippen molar-refractivity contribution in [3.8, 4) is 0 Å². The highest BCUT2D eigenvalue weighted by atomic mass is 16.5. The van der Waals surface area contributed by atoms with Crippen LogP contribution in [-0.4, -0.2) is 30.7 Å². The molecule has 0 aromatic rings. The van der Waals surface area contributed by atoms with E-state index in [1.165, 1.54) is 0 Å². The molecule has 3 N–H and O–H groups in total. The minimum Gasteiger partial charge on any atom is -0.374 e. The van der Waals surface area contributed by atoms with E-state index in [0.29, 0.717) is 19.1 Å². The maximum atomic E-state index is 12.2. The highest BCUT2D eigenvalue weighted by Crippen LogP contribution is 2.29. The SMILES string of the molecule is CCOC(C)(C)CNC(=O)C1CCC(N)CC1C. The Morgan fingerprint density at radius 2 is 2.11 bits per heavy atom. The number of amides is 1. The zero-order valence-electron chi connectivity index (χ0n) is 12.2. The maximum Gasteiger partial charge on any atom is 0.223 e. The van der Waals surface area contributed by atoms with E-state index >= 15 is 0 Å². The van der Waals surface area contributed by atoms with Gasteiger partial charge in [-0.2, -0.15) is 0 Å². The molecule has 1 saturated carbocycles. The lowest BCUT2D eigenvalue weighted by Gasteiger charge is -2.32. The Labute approximate surface area is 111 Å². The highest BCUT2D eigenvalue weighted by molar-refractivity contribution is 5.79. The second kappa shape index (κ2) is 6.53. The smallest absolute Gasteiger partial charge is 0.223 e. The molecule has 1 rings (SSSR count). The molecule has 0 aliphatic heterocycles. The maximum absolute atomic E-state index is 12.2. The van der Waals surface area contributed by atoms with Gasteiger partial charge in [0.2, 0.25) is 5.91 Å². The summed E-state index contributed by atoms with van der Waals surface area (Å²) in [5.41, 5.74) is 5.63. The van der Waals surface area contributed by atoms with Crippen molar-refractivity contribution in [3.63, 3.8) is 0 Å². The van der Waals surface area contributed by atoms with Crippen LogP contribution in [0.5, 0.6) is 0 Å². The lowest BCUT2D eigenvalue weighted by Crippen LogP contribution is -2.46. The van der Waals surface area contributed by atoms with Crippen molar-refractivity contribution < 1.29 is 9.53 Å². The highest BCUT2D eigenvalue weighted by Gasteiger charge is 2.31. The molecule has 0 radical (unpaired) electrons. The molecule has 106 valence electrons. The van der Waals surface area contributed by atoms with Gasteiger partial charge in [-0.25, -0.2) is 0 Å². The molecule has 3 atom stereocenters. The topological polar surface area (TPSA) is 64.3 Å². The van der Waals surface area contributed by atoms with Gasteiger partial charge in [0.15, 0.2) is 0 Å². The molecular weight excluding hydrogens is 228 g/mol. The Morgan fingerprint density at radius 3 is 2.67 bits per heavy atom. The first-order valence-corrected chi connectivity index (χ1v) is 7.03. The van der Waals surface area contributed by atoms with E-state index in [4.69, 9.17) is 10.5 Å². The summed E-state index contributed by atoms with van der Waals surface area (Å²) < 4.78 is 5.58. The molecule has 4 nitrogen and oxygen atoms in total. The quantitative estimate of drug-likeness (QED) is 0.786. The Kier molecular flexibility index (Phi) is 5.60. The van der Waals surface area contributed by atoms with Crippen LogP contribution < -0.4 is 11.1 Å². The molecule has 0 bridgehead atoms. The Balaban J connectivity index is 2.41. The predicted molar refractivity (Wildman–Crippen MR) is 73.2 cm³/mol. The summed E-state index contributed by atoms with van der Waals surface area (Å²) in [6.07, 6.45) is 2.81. The molecule has 1 fully saturated rings. The molecule has 0 heterocycles. The first kappa shape index (κ1) is 15.4. The summed E-state index contributed by atoms with van der Waals surface area (Å²) in [6, 6.07) is 0.268. The zero-order valence-corrected chi connectivity index (χ0v) is 12.2. The van der Waals surface area contributed by atoms with Gasteiger partial charge in [-0.3, -0.25) is 4.79 Å². The van der Waals surface area contributed by atoms with Crippen LogP contribution in [-0.2, 0) is 9.53 Å². The standard InChI is InChI=1S/C14H28N2O2/c1-5-18-14(3,4)9-16-13(17)12-7-6-11(15)8-10(12)2/h10-12H,5-9,15H2,1-4H3,(H,16,17). The Morgan fingerprint density at radius 1 is 1.44 bits per heavy atom. The number of nitrogens with one attached hydrogen (secondary N) is 1. The van der Waals surface area contributed by atoms with Gasteiger partial charge in [0, 0.05) is 25.1 Å². The van der Waals surface area contributed by atoms with Crippen LogP contribution in [0.4, 0.5) is 0 Å². The van der Waals surface area contributed by atoms with Gasteiger partial charge < -0.3 is 15.8 Å². The van der Waals surface area contributed by atoms with Gasteiger partial charge in [0.1, 0.15) is 0 Å². The van der Waals surface area contributed by atoms with Crippen molar-refractivity contribution in [3.05, 3.63) is 0 Å². The van der Waals surface area contributed by atoms with E-state index in [9.17, 15) is 4.79 Å². The number of carbonyl (C=O) groups is 1. The molecule has 1 aliphatic carbocycles. The van der Waals surface area contributed by atoms with Crippen LogP contribution in [0, 0.1) is 11.8 Å². The minimum atomic E-state index is -0.293. The summed E-state index contributed by atoms with van der Waals surface area (Å²) in [5.74, 6) is 0.647. The fraction of sp³-hybridized carbons (Fsp3) is 0.929. The molecule has 0 saturated heterocycles. The molecule has 3 unspecified atom stereocenters. The predicted octanol–water partition coefficient (Wildman–Crippen LogP) is 1.68. The molecule has 18 heavy (non-hydrogen) atoms. The summed E-state index contributed by atoms with van der Waals surface area (Å²) in [5, 5.41) is 3.02. The van der Waals surface area contributed by atoms with Gasteiger partial charge in [0.05, 0.1) is 5.60 Å². The summed E-state index contributed by atoms with van der Waals surface area (Å²) >= 11 is 0. The van der Waals surface area contributed by atoms with Crippen molar-refractivity contribution in [2.75, 3.05) is 13.2 Å². The number of hydrogen-bond acceptors (Lipinski definition) is 3. The molecule has 1 amide bonds. The lowest BCUT2D eigenvalue weighted by molar-refractivity contribution is -0.129. The van der Waals surface area contributed by atoms with Crippen LogP contribution in [0.3, 0.4) is 0 Å². The van der Waals surface area contributed by atoms with Gasteiger partial charge in [-0.15, -0.1) is 0 Å². The third-order valence-corrected chi connectivity index (χ3v) is 3.77. The van der Waals surface area contributed by atoms with Gasteiger partial charge >= 0.3 is 0 Å². The number of rotatable bonds is 5. The number of carbonyl (C=O) groups excluding carboxylic acids is 1. The number of nitrogens with two attached hydrogens (primary N) is 1. The lowest BCUT2D eigenvalue weighted by atomic mass is 9.77. The fourth-order valence-electron chi connectivity index (χ4n) is 2.70. The van der Waals surface area contributed by atoms with E-state index < -0.39 is 0 Å². The van der Waals surface area contributed by atoms with Crippen LogP contribution in [0.2, 0.25) is 0 Å². The minimum absolute atomic E-state index is 0.113. The molecule has 0 aromatic heterocycles. The third-order valence-electron chi connectivity index (χ3n) is 3.77. The van der Waals surface area contributed by atoms with E-state index in [1.54, 1.807) is 0 Å². The number of ether oxygens (including phenoxy) is 1. The fourth-order valence-corrected chi connectivity index (χ4v) is 2.70. The summed E-state index contributed by atoms with van der Waals surface area (Å²) in [6.45, 7) is 9.31. The van der Waals surface area contributed by atoms with Crippen LogP contribution in [0.25, 0.3) is 0 Å². The first-order chi connectivity index (χ1) is 8.35. The average molecular weight is 256 g/mol. The van der Waals surface area contributed by atoms with Gasteiger partial charge in [-0.05, 0) is 46.0 Å². The summed E-state index contributed by atoms with van der Waals surface area (Å²) in [4.78, 5) is 12.2. The van der Waals surface area contributed by atoms with Gasteiger partial charge in [0.25, 0.3) is 0 Å². The second-order valence-corrected chi connectivity index (χ2v) is 6.07. The third kappa shape index (κ3) is 4.58. The second-order valence-electron chi connectivity index (χ2n) is 6.07. The molecular formula is C14H28N2O2. The largest absolute Gasteiger partial charge is 0.374 e. The average Bonchev–Trinajstić information content (AvgIpc) is 2.26. The van der Waals surface area contributed by atoms with Crippen molar-refractivity contribution in [2.24, 2.45) is 17.6 Å². The first-order valence-electron chi connectivity index (χ1n) is 7.03. The Bertz CT molecular complexity index is 279. The van der Waals surface area contributed by atoms with E-state index in [2.05, 4.69) is 12.2 Å². The normalized spacial score (nSPS) is 29.1. The van der Waals surface area contributed by atoms with Crippen molar-refractivity contribution in [1.82, 2.24) is 5.32 Å². The van der Waals surface area contributed by atoms with Crippen LogP contribution >= 0.6 is 0 Å². The van der Waals surface area contributed by atoms with Gasteiger partial charge in [-0.1, -0.05) is 6.92 Å². The molecule has 0 aromatic carbocycles. The monoisotopic (exact) mass is 256 g/mol. The zero-order chi connectivity index (χ0) is 13.8. The van der Waals surface area contributed by atoms with Crippen LogP contribution in [0.1, 0.15) is 47.0 Å². The molecule has 0 spiro atoms. The van der Waals surface area contributed by atoms with Crippen molar-refractivity contribution >= 4 is 5.91 Å².